The number of hydrogen-bond donors (Lipinski definition) is 1. The Kier molecular flexibility index (Phi) is 4.03. The Balaban J connectivity index is 2.08. The molecule has 1 aromatic heterocycles. The molecular weight excluding hydrogens is 273 g/mol. The van der Waals surface area contributed by atoms with Gasteiger partial charge in [-0.25, -0.2) is 0 Å². The van der Waals surface area contributed by atoms with Gasteiger partial charge in [0.1, 0.15) is 0 Å². The monoisotopic (exact) mass is 286 g/mol. The van der Waals surface area contributed by atoms with E-state index in [0.717, 1.165) is 15.9 Å². The molecule has 0 unspecified atom stereocenters. The lowest BCUT2D eigenvalue weighted by Crippen LogP contribution is -2.25. The summed E-state index contributed by atoms with van der Waals surface area (Å²) < 4.78 is 36.3. The summed E-state index contributed by atoms with van der Waals surface area (Å²) >= 11 is 0. The van der Waals surface area contributed by atoms with Crippen LogP contribution in [0.3, 0.4) is 0 Å². The van der Waals surface area contributed by atoms with Crippen molar-refractivity contribution >= 4 is 0 Å². The van der Waals surface area contributed by atoms with Crippen molar-refractivity contribution in [3.63, 3.8) is 0 Å². The first-order valence-corrected chi connectivity index (χ1v) is 5.94. The number of benzene rings is 1. The Morgan fingerprint density at radius 2 is 2.00 bits per heavy atom. The lowest BCUT2D eigenvalue weighted by molar-refractivity contribution is -0.155. The van der Waals surface area contributed by atoms with Crippen LogP contribution >= 0.6 is 0 Å². The van der Waals surface area contributed by atoms with E-state index in [-0.39, 0.29) is 6.54 Å². The third-order valence-corrected chi connectivity index (χ3v) is 2.68. The number of nitrogens with zero attached hydrogens (tertiary/aromatic N) is 4. The number of halogens is 3. The highest BCUT2D eigenvalue weighted by molar-refractivity contribution is 5.58. The number of alkyl halides is 3. The van der Waals surface area contributed by atoms with E-state index in [9.17, 15) is 18.3 Å². The van der Waals surface area contributed by atoms with Gasteiger partial charge in [0.15, 0.2) is 0 Å². The molecule has 1 atom stereocenters. The second kappa shape index (κ2) is 5.58. The molecular formula is C12H13F3N4O. The fourth-order valence-corrected chi connectivity index (χ4v) is 1.77. The Morgan fingerprint density at radius 3 is 2.65 bits per heavy atom. The standard InChI is InChI=1S/C12H13F3N4O/c1-8-4-2-3-5-10(8)11-16-18-19(17-11)7-9(20)6-12(13,14)15/h2-5,9,20H,6-7H2,1H3/t9-/m1/s1. The molecule has 8 heteroatoms. The maximum Gasteiger partial charge on any atom is 0.391 e. The fourth-order valence-electron chi connectivity index (χ4n) is 1.77. The quantitative estimate of drug-likeness (QED) is 0.933. The van der Waals surface area contributed by atoms with Crippen LogP contribution in [0.4, 0.5) is 13.2 Å². The van der Waals surface area contributed by atoms with Crippen LogP contribution in [0.2, 0.25) is 0 Å². The molecule has 0 fully saturated rings. The first kappa shape index (κ1) is 14.4. The summed E-state index contributed by atoms with van der Waals surface area (Å²) in [5.41, 5.74) is 1.69. The van der Waals surface area contributed by atoms with Gasteiger partial charge in [0.2, 0.25) is 5.82 Å². The van der Waals surface area contributed by atoms with Crippen LogP contribution in [0.25, 0.3) is 11.4 Å². The van der Waals surface area contributed by atoms with Gasteiger partial charge in [-0.1, -0.05) is 24.3 Å². The van der Waals surface area contributed by atoms with E-state index in [2.05, 4.69) is 15.4 Å². The van der Waals surface area contributed by atoms with Crippen LogP contribution in [0.5, 0.6) is 0 Å². The van der Waals surface area contributed by atoms with Gasteiger partial charge < -0.3 is 5.11 Å². The van der Waals surface area contributed by atoms with Crippen molar-refractivity contribution in [1.29, 1.82) is 0 Å². The minimum absolute atomic E-state index is 0.322. The molecule has 0 amide bonds. The molecule has 5 nitrogen and oxygen atoms in total. The summed E-state index contributed by atoms with van der Waals surface area (Å²) in [6.45, 7) is 1.52. The van der Waals surface area contributed by atoms with Crippen molar-refractivity contribution < 1.29 is 18.3 Å². The van der Waals surface area contributed by atoms with Crippen LogP contribution < -0.4 is 0 Å². The Hall–Kier alpha value is -1.96. The second-order valence-electron chi connectivity index (χ2n) is 4.46. The molecule has 2 rings (SSSR count). The summed E-state index contributed by atoms with van der Waals surface area (Å²) in [6, 6.07) is 7.33. The zero-order valence-corrected chi connectivity index (χ0v) is 10.7. The lowest BCUT2D eigenvalue weighted by atomic mass is 10.1. The number of aryl methyl sites for hydroxylation is 1. The van der Waals surface area contributed by atoms with Crippen molar-refractivity contribution in [3.05, 3.63) is 29.8 Å². The number of aliphatic hydroxyl groups is 1. The van der Waals surface area contributed by atoms with Gasteiger partial charge in [-0.15, -0.1) is 10.2 Å². The molecule has 108 valence electrons. The third-order valence-electron chi connectivity index (χ3n) is 2.68. The average molecular weight is 286 g/mol. The van der Waals surface area contributed by atoms with Gasteiger partial charge in [-0.2, -0.15) is 18.0 Å². The number of aromatic nitrogens is 4. The minimum atomic E-state index is -4.42. The molecule has 0 spiro atoms. The summed E-state index contributed by atoms with van der Waals surface area (Å²) in [5, 5.41) is 20.7. The van der Waals surface area contributed by atoms with Crippen LogP contribution in [-0.4, -0.2) is 37.6 Å². The zero-order valence-electron chi connectivity index (χ0n) is 10.7. The molecule has 1 aromatic carbocycles. The third kappa shape index (κ3) is 3.77. The van der Waals surface area contributed by atoms with E-state index in [1.807, 2.05) is 25.1 Å². The molecule has 1 N–H and O–H groups in total. The van der Waals surface area contributed by atoms with Crippen molar-refractivity contribution in [1.82, 2.24) is 20.2 Å². The average Bonchev–Trinajstić information content (AvgIpc) is 2.75. The summed E-state index contributed by atoms with van der Waals surface area (Å²) in [4.78, 5) is 0.970. The minimum Gasteiger partial charge on any atom is -0.391 e. The normalized spacial score (nSPS) is 13.4. The Morgan fingerprint density at radius 1 is 1.30 bits per heavy atom. The van der Waals surface area contributed by atoms with Crippen LogP contribution in [0.15, 0.2) is 24.3 Å². The number of hydrogen-bond acceptors (Lipinski definition) is 4. The van der Waals surface area contributed by atoms with Crippen LogP contribution in [-0.2, 0) is 6.54 Å². The number of aliphatic hydroxyl groups excluding tert-OH is 1. The molecule has 20 heavy (non-hydrogen) atoms. The molecule has 0 radical (unpaired) electrons. The van der Waals surface area contributed by atoms with Crippen molar-refractivity contribution in [2.45, 2.75) is 32.2 Å². The summed E-state index contributed by atoms with van der Waals surface area (Å²) in [7, 11) is 0. The van der Waals surface area contributed by atoms with E-state index in [1.165, 1.54) is 0 Å². The maximum absolute atomic E-state index is 12.1. The molecule has 0 aliphatic rings. The van der Waals surface area contributed by atoms with Gasteiger partial charge in [0.05, 0.1) is 19.1 Å². The molecule has 2 aromatic rings. The smallest absolute Gasteiger partial charge is 0.391 e. The first-order chi connectivity index (χ1) is 9.35. The van der Waals surface area contributed by atoms with Gasteiger partial charge in [0.25, 0.3) is 0 Å². The van der Waals surface area contributed by atoms with Gasteiger partial charge in [0, 0.05) is 5.56 Å². The molecule has 1 heterocycles. The van der Waals surface area contributed by atoms with E-state index in [0.29, 0.717) is 5.82 Å². The highest BCUT2D eigenvalue weighted by Crippen LogP contribution is 2.22. The fraction of sp³-hybridized carbons (Fsp3) is 0.417. The zero-order chi connectivity index (χ0) is 14.8. The van der Waals surface area contributed by atoms with E-state index >= 15 is 0 Å². The molecule has 0 bridgehead atoms. The highest BCUT2D eigenvalue weighted by Gasteiger charge is 2.31. The molecule has 0 saturated heterocycles. The Labute approximate surface area is 113 Å². The van der Waals surface area contributed by atoms with Gasteiger partial charge in [-0.05, 0) is 17.7 Å². The largest absolute Gasteiger partial charge is 0.391 e. The SMILES string of the molecule is Cc1ccccc1-c1nnn(C[C@H](O)CC(F)(F)F)n1. The maximum atomic E-state index is 12.1. The number of tetrazole rings is 1. The van der Waals surface area contributed by atoms with Crippen LogP contribution in [0, 0.1) is 6.92 Å². The van der Waals surface area contributed by atoms with Gasteiger partial charge in [-0.3, -0.25) is 0 Å². The highest BCUT2D eigenvalue weighted by atomic mass is 19.4. The lowest BCUT2D eigenvalue weighted by Gasteiger charge is -2.11. The first-order valence-electron chi connectivity index (χ1n) is 5.94. The van der Waals surface area contributed by atoms with Crippen LogP contribution in [0.1, 0.15) is 12.0 Å². The molecule has 0 saturated carbocycles. The van der Waals surface area contributed by atoms with E-state index < -0.39 is 18.7 Å². The van der Waals surface area contributed by atoms with Gasteiger partial charge >= 0.3 is 6.18 Å². The van der Waals surface area contributed by atoms with Crippen molar-refractivity contribution in [2.75, 3.05) is 0 Å². The molecule has 0 aliphatic heterocycles. The summed E-state index contributed by atoms with van der Waals surface area (Å²) in [5.74, 6) is 0.322. The van der Waals surface area contributed by atoms with Crippen molar-refractivity contribution in [3.8, 4) is 11.4 Å². The predicted molar refractivity (Wildman–Crippen MR) is 64.7 cm³/mol. The predicted octanol–water partition coefficient (Wildman–Crippen LogP) is 1.96. The summed E-state index contributed by atoms with van der Waals surface area (Å²) in [6.07, 6.45) is -7.30. The second-order valence-corrected chi connectivity index (χ2v) is 4.46. The van der Waals surface area contributed by atoms with E-state index in [1.54, 1.807) is 6.07 Å². The molecule has 0 aliphatic carbocycles. The van der Waals surface area contributed by atoms with Crippen molar-refractivity contribution in [2.24, 2.45) is 0 Å². The number of rotatable bonds is 4. The Bertz CT molecular complexity index is 582. The van der Waals surface area contributed by atoms with E-state index in [4.69, 9.17) is 0 Å². The topological polar surface area (TPSA) is 63.8 Å².